The molecule has 0 saturated heterocycles. The van der Waals surface area contributed by atoms with Crippen molar-refractivity contribution in [1.29, 1.82) is 0 Å². The van der Waals surface area contributed by atoms with Crippen LogP contribution in [-0.2, 0) is 11.3 Å². The van der Waals surface area contributed by atoms with E-state index in [0.717, 1.165) is 31.0 Å². The van der Waals surface area contributed by atoms with Gasteiger partial charge in [-0.1, -0.05) is 54.7 Å². The summed E-state index contributed by atoms with van der Waals surface area (Å²) in [5.41, 5.74) is 0.578. The van der Waals surface area contributed by atoms with Crippen molar-refractivity contribution in [2.45, 2.75) is 50.1 Å². The number of aromatic nitrogens is 3. The Morgan fingerprint density at radius 3 is 2.67 bits per heavy atom. The third kappa shape index (κ3) is 5.69. The van der Waals surface area contributed by atoms with Crippen molar-refractivity contribution >= 4 is 46.6 Å². The van der Waals surface area contributed by atoms with Gasteiger partial charge in [0.25, 0.3) is 0 Å². The maximum Gasteiger partial charge on any atom is 0.237 e. The molecular weight excluding hydrogens is 367 g/mol. The molecule has 0 unspecified atom stereocenters. The predicted molar refractivity (Wildman–Crippen MR) is 100.0 cm³/mol. The van der Waals surface area contributed by atoms with Gasteiger partial charge in [0.15, 0.2) is 5.16 Å². The van der Waals surface area contributed by atoms with Gasteiger partial charge in [-0.15, -0.1) is 10.2 Å². The summed E-state index contributed by atoms with van der Waals surface area (Å²) in [6, 6.07) is 4.95. The van der Waals surface area contributed by atoms with Crippen LogP contribution in [-0.4, -0.2) is 25.9 Å². The molecule has 1 aromatic heterocycles. The molecule has 0 bridgehead atoms. The first kappa shape index (κ1) is 19.1. The lowest BCUT2D eigenvalue weighted by Crippen LogP contribution is -2.23. The fourth-order valence-corrected chi connectivity index (χ4v) is 3.48. The van der Waals surface area contributed by atoms with Gasteiger partial charge < -0.3 is 9.88 Å². The Labute approximate surface area is 156 Å². The van der Waals surface area contributed by atoms with Crippen molar-refractivity contribution in [2.75, 3.05) is 5.32 Å². The zero-order valence-electron chi connectivity index (χ0n) is 13.6. The lowest BCUT2D eigenvalue weighted by atomic mass is 10.2. The van der Waals surface area contributed by atoms with E-state index in [0.29, 0.717) is 15.7 Å². The minimum Gasteiger partial charge on any atom is -0.325 e. The number of nitrogens with zero attached hydrogens (tertiary/aromatic N) is 3. The van der Waals surface area contributed by atoms with Crippen molar-refractivity contribution in [3.63, 3.8) is 0 Å². The molecule has 0 aliphatic rings. The third-order valence-corrected chi connectivity index (χ3v) is 4.90. The van der Waals surface area contributed by atoms with Crippen molar-refractivity contribution in [3.05, 3.63) is 34.6 Å². The molecule has 2 rings (SSSR count). The van der Waals surface area contributed by atoms with Gasteiger partial charge in [0, 0.05) is 22.3 Å². The van der Waals surface area contributed by atoms with Crippen LogP contribution in [0, 0.1) is 0 Å². The molecule has 1 N–H and O–H groups in total. The summed E-state index contributed by atoms with van der Waals surface area (Å²) in [4.78, 5) is 12.4. The van der Waals surface area contributed by atoms with Crippen molar-refractivity contribution in [1.82, 2.24) is 14.8 Å². The van der Waals surface area contributed by atoms with Crippen LogP contribution in [0.2, 0.25) is 10.0 Å². The highest BCUT2D eigenvalue weighted by Crippen LogP contribution is 2.25. The number of halogens is 2. The van der Waals surface area contributed by atoms with Gasteiger partial charge in [-0.2, -0.15) is 0 Å². The third-order valence-electron chi connectivity index (χ3n) is 3.36. The molecule has 0 aliphatic heterocycles. The molecule has 0 fully saturated rings. The van der Waals surface area contributed by atoms with E-state index in [1.54, 1.807) is 24.5 Å². The summed E-state index contributed by atoms with van der Waals surface area (Å²) >= 11 is 13.3. The molecule has 0 spiro atoms. The van der Waals surface area contributed by atoms with Gasteiger partial charge in [-0.25, -0.2) is 0 Å². The molecule has 2 aromatic rings. The average molecular weight is 387 g/mol. The van der Waals surface area contributed by atoms with Crippen molar-refractivity contribution < 1.29 is 4.79 Å². The molecule has 0 aliphatic carbocycles. The summed E-state index contributed by atoms with van der Waals surface area (Å²) < 4.78 is 1.99. The van der Waals surface area contributed by atoms with Gasteiger partial charge in [0.1, 0.15) is 6.33 Å². The second kappa shape index (κ2) is 9.30. The first-order valence-corrected chi connectivity index (χ1v) is 9.44. The number of amides is 1. The largest absolute Gasteiger partial charge is 0.325 e. The predicted octanol–water partition coefficient (Wildman–Crippen LogP) is 4.89. The second-order valence-electron chi connectivity index (χ2n) is 5.42. The normalized spacial score (nSPS) is 12.2. The molecule has 1 aromatic carbocycles. The summed E-state index contributed by atoms with van der Waals surface area (Å²) in [5.74, 6) is -0.138. The fourth-order valence-electron chi connectivity index (χ4n) is 2.10. The van der Waals surface area contributed by atoms with E-state index in [-0.39, 0.29) is 11.2 Å². The molecule has 1 atom stereocenters. The lowest BCUT2D eigenvalue weighted by Gasteiger charge is -2.13. The molecule has 24 heavy (non-hydrogen) atoms. The Kier molecular flexibility index (Phi) is 7.40. The van der Waals surface area contributed by atoms with Crippen LogP contribution in [0.1, 0.15) is 33.1 Å². The van der Waals surface area contributed by atoms with Gasteiger partial charge in [-0.05, 0) is 31.5 Å². The van der Waals surface area contributed by atoms with E-state index in [9.17, 15) is 4.79 Å². The van der Waals surface area contributed by atoms with E-state index in [4.69, 9.17) is 23.2 Å². The number of thioether (sulfide) groups is 1. The Morgan fingerprint density at radius 1 is 1.29 bits per heavy atom. The topological polar surface area (TPSA) is 59.8 Å². The summed E-state index contributed by atoms with van der Waals surface area (Å²) in [7, 11) is 0. The SMILES string of the molecule is CCCCCn1cnnc1S[C@@H](C)C(=O)Nc1cc(Cl)cc(Cl)c1. The van der Waals surface area contributed by atoms with Crippen LogP contribution in [0.25, 0.3) is 0 Å². The highest BCUT2D eigenvalue weighted by atomic mass is 35.5. The van der Waals surface area contributed by atoms with E-state index in [1.807, 2.05) is 11.5 Å². The lowest BCUT2D eigenvalue weighted by molar-refractivity contribution is -0.115. The number of carbonyl (C=O) groups excluding carboxylic acids is 1. The molecule has 5 nitrogen and oxygen atoms in total. The second-order valence-corrected chi connectivity index (χ2v) is 7.60. The smallest absolute Gasteiger partial charge is 0.237 e. The van der Waals surface area contributed by atoms with Crippen LogP contribution >= 0.6 is 35.0 Å². The minimum absolute atomic E-state index is 0.138. The average Bonchev–Trinajstić information content (AvgIpc) is 2.93. The molecule has 1 amide bonds. The first-order chi connectivity index (χ1) is 11.5. The standard InChI is InChI=1S/C16H20Cl2N4OS/c1-3-4-5-6-22-10-19-21-16(22)24-11(2)15(23)20-14-8-12(17)7-13(18)9-14/h7-11H,3-6H2,1-2H3,(H,20,23)/t11-/m0/s1. The van der Waals surface area contributed by atoms with Gasteiger partial charge in [-0.3, -0.25) is 4.79 Å². The first-order valence-electron chi connectivity index (χ1n) is 7.81. The molecule has 0 radical (unpaired) electrons. The van der Waals surface area contributed by atoms with Crippen LogP contribution in [0.3, 0.4) is 0 Å². The quantitative estimate of drug-likeness (QED) is 0.517. The number of hydrogen-bond donors (Lipinski definition) is 1. The highest BCUT2D eigenvalue weighted by Gasteiger charge is 2.18. The van der Waals surface area contributed by atoms with E-state index in [1.165, 1.54) is 11.8 Å². The Balaban J connectivity index is 1.95. The number of anilines is 1. The van der Waals surface area contributed by atoms with Gasteiger partial charge in [0.2, 0.25) is 5.91 Å². The molecule has 1 heterocycles. The van der Waals surface area contributed by atoms with Crippen LogP contribution < -0.4 is 5.32 Å². The monoisotopic (exact) mass is 386 g/mol. The number of nitrogens with one attached hydrogen (secondary N) is 1. The number of benzene rings is 1. The highest BCUT2D eigenvalue weighted by molar-refractivity contribution is 8.00. The number of unbranched alkanes of at least 4 members (excludes halogenated alkanes) is 2. The van der Waals surface area contributed by atoms with E-state index >= 15 is 0 Å². The molecule has 8 heteroatoms. The molecular formula is C16H20Cl2N4OS. The number of hydrogen-bond acceptors (Lipinski definition) is 4. The van der Waals surface area contributed by atoms with Crippen LogP contribution in [0.4, 0.5) is 5.69 Å². The zero-order chi connectivity index (χ0) is 17.5. The van der Waals surface area contributed by atoms with Crippen molar-refractivity contribution in [3.8, 4) is 0 Å². The van der Waals surface area contributed by atoms with Crippen LogP contribution in [0.15, 0.2) is 29.7 Å². The van der Waals surface area contributed by atoms with Crippen molar-refractivity contribution in [2.24, 2.45) is 0 Å². The van der Waals surface area contributed by atoms with Gasteiger partial charge in [0.05, 0.1) is 5.25 Å². The fraction of sp³-hybridized carbons (Fsp3) is 0.438. The molecule has 0 saturated carbocycles. The molecule has 130 valence electrons. The van der Waals surface area contributed by atoms with E-state index in [2.05, 4.69) is 22.4 Å². The number of rotatable bonds is 8. The van der Waals surface area contributed by atoms with E-state index < -0.39 is 0 Å². The maximum absolute atomic E-state index is 12.4. The minimum atomic E-state index is -0.322. The van der Waals surface area contributed by atoms with Crippen LogP contribution in [0.5, 0.6) is 0 Å². The Bertz CT molecular complexity index is 672. The maximum atomic E-state index is 12.4. The zero-order valence-corrected chi connectivity index (χ0v) is 16.0. The summed E-state index contributed by atoms with van der Waals surface area (Å²) in [5, 5.41) is 12.3. The Morgan fingerprint density at radius 2 is 2.00 bits per heavy atom. The number of carbonyl (C=O) groups is 1. The Hall–Kier alpha value is -1.24. The summed E-state index contributed by atoms with van der Waals surface area (Å²) in [6.07, 6.45) is 5.10. The summed E-state index contributed by atoms with van der Waals surface area (Å²) in [6.45, 7) is 4.86. The van der Waals surface area contributed by atoms with Gasteiger partial charge >= 0.3 is 0 Å². The number of aryl methyl sites for hydroxylation is 1.